The number of hydrogen-bond acceptors (Lipinski definition) is 4. The van der Waals surface area contributed by atoms with Crippen molar-refractivity contribution in [1.82, 2.24) is 10.2 Å². The van der Waals surface area contributed by atoms with Crippen LogP contribution >= 0.6 is 0 Å². The molecule has 130 valence electrons. The topological polar surface area (TPSA) is 50.8 Å². The second-order valence-corrected chi connectivity index (χ2v) is 7.08. The summed E-state index contributed by atoms with van der Waals surface area (Å²) >= 11 is 0. The predicted molar refractivity (Wildman–Crippen MR) is 91.4 cm³/mol. The maximum absolute atomic E-state index is 12.4. The van der Waals surface area contributed by atoms with Crippen LogP contribution in [-0.4, -0.2) is 43.2 Å². The lowest BCUT2D eigenvalue weighted by atomic mass is 10.0. The van der Waals surface area contributed by atoms with E-state index in [4.69, 9.17) is 9.47 Å². The fraction of sp³-hybridized carbons (Fsp3) is 0.632. The number of rotatable bonds is 4. The number of carbonyl (C=O) groups is 1. The molecule has 0 aromatic heterocycles. The van der Waals surface area contributed by atoms with Crippen molar-refractivity contribution in [3.8, 4) is 11.5 Å². The molecule has 5 nitrogen and oxygen atoms in total. The monoisotopic (exact) mass is 330 g/mol. The van der Waals surface area contributed by atoms with Crippen molar-refractivity contribution in [2.75, 3.05) is 26.3 Å². The minimum absolute atomic E-state index is 0.173. The molecule has 0 bridgehead atoms. The molecule has 5 heteroatoms. The number of carbonyl (C=O) groups excluding carboxylic acids is 1. The van der Waals surface area contributed by atoms with Gasteiger partial charge >= 0.3 is 0 Å². The second kappa shape index (κ2) is 7.01. The highest BCUT2D eigenvalue weighted by Crippen LogP contribution is 2.37. The van der Waals surface area contributed by atoms with Crippen LogP contribution in [0.2, 0.25) is 0 Å². The standard InChI is InChI=1S/C19H26N2O3/c22-19(20-15-4-1-2-5-15)13-21-9-3-6-16(21)14-7-8-17-18(12-14)24-11-10-23-17/h7-8,12,15-16H,1-6,9-11,13H2,(H,20,22). The first kappa shape index (κ1) is 15.8. The van der Waals surface area contributed by atoms with Crippen LogP contribution in [0.25, 0.3) is 0 Å². The van der Waals surface area contributed by atoms with Crippen LogP contribution in [0, 0.1) is 0 Å². The van der Waals surface area contributed by atoms with Crippen molar-refractivity contribution < 1.29 is 14.3 Å². The summed E-state index contributed by atoms with van der Waals surface area (Å²) in [6.45, 7) is 2.70. The molecule has 1 saturated carbocycles. The highest BCUT2D eigenvalue weighted by molar-refractivity contribution is 5.78. The first-order chi connectivity index (χ1) is 11.8. The molecule has 4 rings (SSSR count). The predicted octanol–water partition coefficient (Wildman–Crippen LogP) is 2.65. The number of likely N-dealkylation sites (tertiary alicyclic amines) is 1. The number of amides is 1. The summed E-state index contributed by atoms with van der Waals surface area (Å²) < 4.78 is 11.3. The van der Waals surface area contributed by atoms with E-state index >= 15 is 0 Å². The number of hydrogen-bond donors (Lipinski definition) is 1. The summed E-state index contributed by atoms with van der Waals surface area (Å²) in [6, 6.07) is 6.90. The molecule has 1 aromatic carbocycles. The molecule has 0 spiro atoms. The van der Waals surface area contributed by atoms with Gasteiger partial charge in [-0.25, -0.2) is 0 Å². The Labute approximate surface area is 143 Å². The number of fused-ring (bicyclic) bond motifs is 1. The highest BCUT2D eigenvalue weighted by atomic mass is 16.6. The van der Waals surface area contributed by atoms with E-state index in [1.807, 2.05) is 6.07 Å². The van der Waals surface area contributed by atoms with E-state index in [-0.39, 0.29) is 5.91 Å². The molecular formula is C19H26N2O3. The van der Waals surface area contributed by atoms with Gasteiger partial charge in [0, 0.05) is 12.1 Å². The van der Waals surface area contributed by atoms with Crippen molar-refractivity contribution >= 4 is 5.91 Å². The SMILES string of the molecule is O=C(CN1CCCC1c1ccc2c(c1)OCCO2)NC1CCCC1. The molecule has 1 N–H and O–H groups in total. The third kappa shape index (κ3) is 3.36. The van der Waals surface area contributed by atoms with Crippen LogP contribution in [0.15, 0.2) is 18.2 Å². The van der Waals surface area contributed by atoms with Gasteiger partial charge in [-0.05, 0) is 49.9 Å². The number of benzene rings is 1. The van der Waals surface area contributed by atoms with Gasteiger partial charge in [0.05, 0.1) is 6.54 Å². The van der Waals surface area contributed by atoms with Gasteiger partial charge in [0.15, 0.2) is 11.5 Å². The number of nitrogens with zero attached hydrogens (tertiary/aromatic N) is 1. The van der Waals surface area contributed by atoms with E-state index < -0.39 is 0 Å². The Morgan fingerprint density at radius 3 is 2.71 bits per heavy atom. The minimum atomic E-state index is 0.173. The Kier molecular flexibility index (Phi) is 4.60. The van der Waals surface area contributed by atoms with Crippen molar-refractivity contribution in [2.24, 2.45) is 0 Å². The summed E-state index contributed by atoms with van der Waals surface area (Å²) in [6.07, 6.45) is 6.99. The van der Waals surface area contributed by atoms with Crippen LogP contribution in [0.5, 0.6) is 11.5 Å². The van der Waals surface area contributed by atoms with E-state index in [0.717, 1.165) is 43.7 Å². The smallest absolute Gasteiger partial charge is 0.234 e. The van der Waals surface area contributed by atoms with Crippen LogP contribution in [0.3, 0.4) is 0 Å². The Bertz CT molecular complexity index is 598. The van der Waals surface area contributed by atoms with Gasteiger partial charge in [0.25, 0.3) is 0 Å². The molecule has 24 heavy (non-hydrogen) atoms. The van der Waals surface area contributed by atoms with E-state index in [9.17, 15) is 4.79 Å². The van der Waals surface area contributed by atoms with E-state index in [1.54, 1.807) is 0 Å². The van der Waals surface area contributed by atoms with Gasteiger partial charge < -0.3 is 14.8 Å². The Morgan fingerprint density at radius 1 is 1.08 bits per heavy atom. The molecule has 2 aliphatic heterocycles. The third-order valence-corrected chi connectivity index (χ3v) is 5.38. The zero-order valence-corrected chi connectivity index (χ0v) is 14.1. The van der Waals surface area contributed by atoms with Gasteiger partial charge in [-0.3, -0.25) is 9.69 Å². The molecule has 1 amide bonds. The molecule has 1 saturated heterocycles. The largest absolute Gasteiger partial charge is 0.486 e. The lowest BCUT2D eigenvalue weighted by molar-refractivity contribution is -0.123. The summed E-state index contributed by atoms with van der Waals surface area (Å²) in [5.41, 5.74) is 1.23. The zero-order chi connectivity index (χ0) is 16.4. The molecule has 1 atom stereocenters. The summed E-state index contributed by atoms with van der Waals surface area (Å²) in [7, 11) is 0. The normalized spacial score (nSPS) is 24.2. The van der Waals surface area contributed by atoms with Gasteiger partial charge in [-0.15, -0.1) is 0 Å². The third-order valence-electron chi connectivity index (χ3n) is 5.38. The second-order valence-electron chi connectivity index (χ2n) is 7.08. The van der Waals surface area contributed by atoms with Crippen molar-refractivity contribution in [2.45, 2.75) is 50.6 Å². The highest BCUT2D eigenvalue weighted by Gasteiger charge is 2.29. The van der Waals surface area contributed by atoms with Crippen LogP contribution in [0.1, 0.15) is 50.1 Å². The molecule has 2 fully saturated rings. The summed E-state index contributed by atoms with van der Waals surface area (Å²) in [5.74, 6) is 1.83. The van der Waals surface area contributed by atoms with Crippen LogP contribution < -0.4 is 14.8 Å². The quantitative estimate of drug-likeness (QED) is 0.922. The van der Waals surface area contributed by atoms with Gasteiger partial charge in [0.2, 0.25) is 5.91 Å². The fourth-order valence-electron chi connectivity index (χ4n) is 4.19. The average molecular weight is 330 g/mol. The number of nitrogens with one attached hydrogen (secondary N) is 1. The molecule has 2 heterocycles. The van der Waals surface area contributed by atoms with E-state index in [2.05, 4.69) is 22.3 Å². The lowest BCUT2D eigenvalue weighted by Crippen LogP contribution is -2.41. The Balaban J connectivity index is 1.41. The average Bonchev–Trinajstić information content (AvgIpc) is 3.26. The maximum atomic E-state index is 12.4. The Hall–Kier alpha value is -1.75. The van der Waals surface area contributed by atoms with Crippen molar-refractivity contribution in [3.63, 3.8) is 0 Å². The summed E-state index contributed by atoms with van der Waals surface area (Å²) in [5, 5.41) is 3.20. The van der Waals surface area contributed by atoms with Crippen molar-refractivity contribution in [1.29, 1.82) is 0 Å². The fourth-order valence-corrected chi connectivity index (χ4v) is 4.19. The zero-order valence-electron chi connectivity index (χ0n) is 14.1. The summed E-state index contributed by atoms with van der Waals surface area (Å²) in [4.78, 5) is 14.7. The first-order valence-corrected chi connectivity index (χ1v) is 9.22. The molecular weight excluding hydrogens is 304 g/mol. The Morgan fingerprint density at radius 2 is 1.88 bits per heavy atom. The van der Waals surface area contributed by atoms with Gasteiger partial charge in [-0.1, -0.05) is 18.9 Å². The van der Waals surface area contributed by atoms with E-state index in [1.165, 1.54) is 18.4 Å². The van der Waals surface area contributed by atoms with Gasteiger partial charge in [0.1, 0.15) is 13.2 Å². The first-order valence-electron chi connectivity index (χ1n) is 9.22. The molecule has 1 aromatic rings. The lowest BCUT2D eigenvalue weighted by Gasteiger charge is -2.26. The molecule has 1 aliphatic carbocycles. The number of ether oxygens (including phenoxy) is 2. The molecule has 3 aliphatic rings. The maximum Gasteiger partial charge on any atom is 0.234 e. The van der Waals surface area contributed by atoms with Crippen LogP contribution in [0.4, 0.5) is 0 Å². The molecule has 1 unspecified atom stereocenters. The van der Waals surface area contributed by atoms with Crippen molar-refractivity contribution in [3.05, 3.63) is 23.8 Å². The minimum Gasteiger partial charge on any atom is -0.486 e. The van der Waals surface area contributed by atoms with Crippen LogP contribution in [-0.2, 0) is 4.79 Å². The van der Waals surface area contributed by atoms with Gasteiger partial charge in [-0.2, -0.15) is 0 Å². The van der Waals surface area contributed by atoms with E-state index in [0.29, 0.717) is 31.8 Å². The molecule has 0 radical (unpaired) electrons.